The molecule has 0 spiro atoms. The van der Waals surface area contributed by atoms with E-state index < -0.39 is 12.0 Å². The number of hydrogen-bond acceptors (Lipinski definition) is 3. The maximum Gasteiger partial charge on any atom is 0.318 e. The number of halogens is 1. The summed E-state index contributed by atoms with van der Waals surface area (Å²) in [5.41, 5.74) is 0.713. The van der Waals surface area contributed by atoms with E-state index >= 15 is 0 Å². The average Bonchev–Trinajstić information content (AvgIpc) is 2.52. The van der Waals surface area contributed by atoms with Crippen molar-refractivity contribution in [3.8, 4) is 0 Å². The predicted molar refractivity (Wildman–Crippen MR) is 86.9 cm³/mol. The highest BCUT2D eigenvalue weighted by atomic mass is 79.9. The van der Waals surface area contributed by atoms with Gasteiger partial charge in [0.25, 0.3) is 0 Å². The number of carboxylic acids is 1. The maximum absolute atomic E-state index is 12.4. The predicted octanol–water partition coefficient (Wildman–Crippen LogP) is 1.50. The summed E-state index contributed by atoms with van der Waals surface area (Å²) in [6.07, 6.45) is 0.342. The fraction of sp³-hybridized carbons (Fsp3) is 0.400. The normalized spacial score (nSPS) is 17.5. The lowest BCUT2D eigenvalue weighted by Crippen LogP contribution is -2.55. The third-order valence-corrected chi connectivity index (χ3v) is 4.24. The molecule has 0 bridgehead atoms. The van der Waals surface area contributed by atoms with E-state index in [1.54, 1.807) is 6.07 Å². The second-order valence-electron chi connectivity index (χ2n) is 5.14. The summed E-state index contributed by atoms with van der Waals surface area (Å²) in [5.74, 6) is -1.13. The summed E-state index contributed by atoms with van der Waals surface area (Å²) in [4.78, 5) is 36.6. The molecule has 3 N–H and O–H groups in total. The second-order valence-corrected chi connectivity index (χ2v) is 5.99. The zero-order valence-corrected chi connectivity index (χ0v) is 14.0. The van der Waals surface area contributed by atoms with E-state index in [1.165, 1.54) is 4.90 Å². The number of carboxylic acid groups (broad SMARTS) is 1. The van der Waals surface area contributed by atoms with Gasteiger partial charge in [-0.1, -0.05) is 34.1 Å². The van der Waals surface area contributed by atoms with Crippen LogP contribution in [0, 0.1) is 0 Å². The third-order valence-electron chi connectivity index (χ3n) is 3.52. The van der Waals surface area contributed by atoms with Crippen LogP contribution < -0.4 is 10.6 Å². The Morgan fingerprint density at radius 2 is 2.13 bits per heavy atom. The highest BCUT2D eigenvalue weighted by molar-refractivity contribution is 9.10. The van der Waals surface area contributed by atoms with Crippen LogP contribution in [-0.4, -0.2) is 47.5 Å². The maximum atomic E-state index is 12.4. The Bertz CT molecular complexity index is 608. The molecule has 1 saturated heterocycles. The molecule has 1 fully saturated rings. The van der Waals surface area contributed by atoms with Gasteiger partial charge in [0.1, 0.15) is 6.04 Å². The van der Waals surface area contributed by atoms with Crippen LogP contribution in [0.25, 0.3) is 0 Å². The number of nitrogens with one attached hydrogen (secondary N) is 2. The van der Waals surface area contributed by atoms with Crippen LogP contribution in [0.2, 0.25) is 0 Å². The molecule has 23 heavy (non-hydrogen) atoms. The largest absolute Gasteiger partial charge is 0.481 e. The van der Waals surface area contributed by atoms with Crippen molar-refractivity contribution in [3.05, 3.63) is 34.3 Å². The summed E-state index contributed by atoms with van der Waals surface area (Å²) in [7, 11) is 0. The van der Waals surface area contributed by atoms with E-state index in [0.29, 0.717) is 25.1 Å². The van der Waals surface area contributed by atoms with Crippen LogP contribution in [0.15, 0.2) is 28.7 Å². The summed E-state index contributed by atoms with van der Waals surface area (Å²) in [5, 5.41) is 14.0. The van der Waals surface area contributed by atoms with Gasteiger partial charge in [-0.3, -0.25) is 9.59 Å². The van der Waals surface area contributed by atoms with Crippen molar-refractivity contribution < 1.29 is 19.5 Å². The van der Waals surface area contributed by atoms with Gasteiger partial charge in [0.05, 0.1) is 0 Å². The van der Waals surface area contributed by atoms with Gasteiger partial charge in [-0.25, -0.2) is 4.79 Å². The minimum Gasteiger partial charge on any atom is -0.481 e. The molecule has 1 atom stereocenters. The first-order chi connectivity index (χ1) is 11.0. The van der Waals surface area contributed by atoms with E-state index in [1.807, 2.05) is 18.2 Å². The number of carbonyl (C=O) groups excluding carboxylic acids is 2. The zero-order chi connectivity index (χ0) is 16.8. The molecule has 124 valence electrons. The van der Waals surface area contributed by atoms with Crippen LogP contribution in [0.3, 0.4) is 0 Å². The lowest BCUT2D eigenvalue weighted by atomic mass is 10.0. The van der Waals surface area contributed by atoms with Crippen molar-refractivity contribution in [1.82, 2.24) is 15.5 Å². The van der Waals surface area contributed by atoms with E-state index in [9.17, 15) is 14.4 Å². The molecular weight excluding hydrogens is 366 g/mol. The lowest BCUT2D eigenvalue weighted by molar-refractivity contribution is -0.137. The average molecular weight is 384 g/mol. The Kier molecular flexibility index (Phi) is 5.97. The quantitative estimate of drug-likeness (QED) is 0.670. The van der Waals surface area contributed by atoms with Gasteiger partial charge in [-0.15, -0.1) is 0 Å². The van der Waals surface area contributed by atoms with Crippen molar-refractivity contribution in [2.75, 3.05) is 19.6 Å². The van der Waals surface area contributed by atoms with Crippen molar-refractivity contribution >= 4 is 33.8 Å². The molecule has 1 unspecified atom stereocenters. The van der Waals surface area contributed by atoms with Crippen molar-refractivity contribution in [1.29, 1.82) is 0 Å². The number of rotatable bonds is 5. The van der Waals surface area contributed by atoms with E-state index in [4.69, 9.17) is 5.11 Å². The van der Waals surface area contributed by atoms with Gasteiger partial charge in [0, 0.05) is 30.5 Å². The highest BCUT2D eigenvalue weighted by Crippen LogP contribution is 2.29. The molecule has 8 heteroatoms. The van der Waals surface area contributed by atoms with Gasteiger partial charge >= 0.3 is 12.0 Å². The fourth-order valence-electron chi connectivity index (χ4n) is 2.43. The molecule has 0 aliphatic carbocycles. The molecular formula is C15H18BrN3O4. The molecule has 7 nitrogen and oxygen atoms in total. The number of benzene rings is 1. The molecule has 1 aromatic rings. The molecule has 0 saturated carbocycles. The second kappa shape index (κ2) is 7.96. The number of urea groups is 1. The van der Waals surface area contributed by atoms with Crippen LogP contribution >= 0.6 is 15.9 Å². The monoisotopic (exact) mass is 383 g/mol. The number of carbonyl (C=O) groups is 3. The molecule has 0 aromatic heterocycles. The summed E-state index contributed by atoms with van der Waals surface area (Å²) in [6, 6.07) is 6.19. The Balaban J connectivity index is 2.08. The number of aliphatic carboxylic acids is 1. The third kappa shape index (κ3) is 4.44. The van der Waals surface area contributed by atoms with E-state index in [0.717, 1.165) is 4.47 Å². The molecule has 1 aliphatic rings. The molecule has 1 aliphatic heterocycles. The first-order valence-electron chi connectivity index (χ1n) is 7.29. The van der Waals surface area contributed by atoms with E-state index in [2.05, 4.69) is 26.6 Å². The molecule has 1 aromatic carbocycles. The first kappa shape index (κ1) is 17.3. The topological polar surface area (TPSA) is 98.7 Å². The number of amides is 3. The van der Waals surface area contributed by atoms with Gasteiger partial charge < -0.3 is 20.6 Å². The van der Waals surface area contributed by atoms with Crippen LogP contribution in [0.1, 0.15) is 24.4 Å². The van der Waals surface area contributed by atoms with Crippen LogP contribution in [0.4, 0.5) is 4.79 Å². The Morgan fingerprint density at radius 1 is 1.39 bits per heavy atom. The molecule has 3 amide bonds. The zero-order valence-electron chi connectivity index (χ0n) is 12.4. The summed E-state index contributed by atoms with van der Waals surface area (Å²) < 4.78 is 0.755. The van der Waals surface area contributed by atoms with Gasteiger partial charge in [0.2, 0.25) is 5.91 Å². The highest BCUT2D eigenvalue weighted by Gasteiger charge is 2.35. The number of nitrogens with zero attached hydrogens (tertiary/aromatic N) is 1. The number of piperazine rings is 1. The summed E-state index contributed by atoms with van der Waals surface area (Å²) >= 11 is 3.41. The molecule has 2 rings (SSSR count). The Morgan fingerprint density at radius 3 is 2.83 bits per heavy atom. The molecule has 0 radical (unpaired) electrons. The van der Waals surface area contributed by atoms with Crippen LogP contribution in [-0.2, 0) is 9.59 Å². The lowest BCUT2D eigenvalue weighted by Gasteiger charge is -2.35. The Labute approximate surface area is 142 Å². The van der Waals surface area contributed by atoms with Crippen molar-refractivity contribution in [2.45, 2.75) is 18.9 Å². The van der Waals surface area contributed by atoms with Crippen LogP contribution in [0.5, 0.6) is 0 Å². The SMILES string of the molecule is O=C(O)CCCNC(=O)N1CCNC(=O)C1c1ccccc1Br. The minimum atomic E-state index is -0.900. The fourth-order valence-corrected chi connectivity index (χ4v) is 2.93. The first-order valence-corrected chi connectivity index (χ1v) is 8.08. The number of hydrogen-bond donors (Lipinski definition) is 3. The van der Waals surface area contributed by atoms with Gasteiger partial charge in [0.15, 0.2) is 0 Å². The summed E-state index contributed by atoms with van der Waals surface area (Å²) in [6.45, 7) is 1.04. The van der Waals surface area contributed by atoms with Crippen molar-refractivity contribution in [3.63, 3.8) is 0 Å². The van der Waals surface area contributed by atoms with E-state index in [-0.39, 0.29) is 24.9 Å². The standard InChI is InChI=1S/C15H18BrN3O4/c16-11-5-2-1-4-10(11)13-14(22)17-8-9-19(13)15(23)18-7-3-6-12(20)21/h1-2,4-5,13H,3,6-9H2,(H,17,22)(H,18,23)(H,20,21). The molecule has 1 heterocycles. The van der Waals surface area contributed by atoms with Gasteiger partial charge in [-0.2, -0.15) is 0 Å². The smallest absolute Gasteiger partial charge is 0.318 e. The van der Waals surface area contributed by atoms with Crippen molar-refractivity contribution in [2.24, 2.45) is 0 Å². The minimum absolute atomic E-state index is 0.00553. The Hall–Kier alpha value is -2.09. The van der Waals surface area contributed by atoms with Gasteiger partial charge in [-0.05, 0) is 18.1 Å².